The van der Waals surface area contributed by atoms with Crippen molar-refractivity contribution in [3.05, 3.63) is 71.7 Å². The van der Waals surface area contributed by atoms with Crippen LogP contribution in [0.4, 0.5) is 14.6 Å². The summed E-state index contributed by atoms with van der Waals surface area (Å²) in [4.78, 5) is 16.5. The van der Waals surface area contributed by atoms with E-state index in [1.165, 1.54) is 23.0 Å². The van der Waals surface area contributed by atoms with Crippen LogP contribution in [0.5, 0.6) is 5.75 Å². The zero-order valence-corrected chi connectivity index (χ0v) is 12.9. The lowest BCUT2D eigenvalue weighted by atomic mass is 9.90. The highest BCUT2D eigenvalue weighted by molar-refractivity contribution is 5.94. The summed E-state index contributed by atoms with van der Waals surface area (Å²) in [5.41, 5.74) is 1.34. The number of carbonyl (C=O) groups excluding carboxylic acids is 1. The van der Waals surface area contributed by atoms with Crippen molar-refractivity contribution in [2.45, 2.75) is 12.3 Å². The van der Waals surface area contributed by atoms with E-state index in [0.717, 1.165) is 23.8 Å². The Morgan fingerprint density at radius 1 is 1.16 bits per heavy atom. The second kappa shape index (κ2) is 5.70. The van der Waals surface area contributed by atoms with Crippen LogP contribution in [0.2, 0.25) is 0 Å². The van der Waals surface area contributed by atoms with Gasteiger partial charge in [-0.3, -0.25) is 9.36 Å². The van der Waals surface area contributed by atoms with Crippen molar-refractivity contribution < 1.29 is 18.7 Å². The van der Waals surface area contributed by atoms with Gasteiger partial charge in [-0.1, -0.05) is 12.1 Å². The van der Waals surface area contributed by atoms with E-state index in [2.05, 4.69) is 10.3 Å². The summed E-state index contributed by atoms with van der Waals surface area (Å²) in [7, 11) is 0. The van der Waals surface area contributed by atoms with Crippen molar-refractivity contribution in [1.29, 1.82) is 0 Å². The Morgan fingerprint density at radius 3 is 2.68 bits per heavy atom. The van der Waals surface area contributed by atoms with Crippen molar-refractivity contribution in [2.75, 3.05) is 5.32 Å². The van der Waals surface area contributed by atoms with Crippen LogP contribution in [-0.4, -0.2) is 20.6 Å². The summed E-state index contributed by atoms with van der Waals surface area (Å²) in [5.74, 6) is -1.35. The third-order valence-electron chi connectivity index (χ3n) is 4.24. The Hall–Kier alpha value is -3.22. The molecule has 1 aromatic heterocycles. The minimum Gasteiger partial charge on any atom is -0.508 e. The fraction of sp³-hybridized carbons (Fsp3) is 0.111. The van der Waals surface area contributed by atoms with E-state index in [4.69, 9.17) is 0 Å². The Labute approximate surface area is 141 Å². The highest BCUT2D eigenvalue weighted by Gasteiger charge is 2.31. The van der Waals surface area contributed by atoms with Gasteiger partial charge in [-0.2, -0.15) is 0 Å². The second-order valence-electron chi connectivity index (χ2n) is 5.84. The van der Waals surface area contributed by atoms with E-state index in [0.29, 0.717) is 11.5 Å². The van der Waals surface area contributed by atoms with Gasteiger partial charge in [0.25, 0.3) is 0 Å². The molecular formula is C18H13F2N3O2. The number of phenols is 1. The Balaban J connectivity index is 1.84. The topological polar surface area (TPSA) is 67.1 Å². The number of carbonyl (C=O) groups is 1. The number of hydrogen-bond donors (Lipinski definition) is 2. The number of phenolic OH excluding ortho intramolecular Hbond substituents is 1. The van der Waals surface area contributed by atoms with E-state index < -0.39 is 11.6 Å². The number of nitrogens with zero attached hydrogens (tertiary/aromatic N) is 2. The van der Waals surface area contributed by atoms with Crippen molar-refractivity contribution in [3.63, 3.8) is 0 Å². The molecule has 25 heavy (non-hydrogen) atoms. The summed E-state index contributed by atoms with van der Waals surface area (Å²) in [5, 5.41) is 12.1. The lowest BCUT2D eigenvalue weighted by molar-refractivity contribution is -0.116. The highest BCUT2D eigenvalue weighted by atomic mass is 19.1. The quantitative estimate of drug-likeness (QED) is 0.751. The van der Waals surface area contributed by atoms with Crippen molar-refractivity contribution in [2.24, 2.45) is 0 Å². The van der Waals surface area contributed by atoms with Crippen molar-refractivity contribution >= 4 is 11.7 Å². The van der Waals surface area contributed by atoms with Crippen LogP contribution >= 0.6 is 0 Å². The van der Waals surface area contributed by atoms with Gasteiger partial charge in [0, 0.05) is 18.4 Å². The van der Waals surface area contributed by atoms with E-state index in [1.54, 1.807) is 12.1 Å². The zero-order valence-electron chi connectivity index (χ0n) is 12.9. The average molecular weight is 341 g/mol. The summed E-state index contributed by atoms with van der Waals surface area (Å²) in [6.45, 7) is 0. The molecule has 2 N–H and O–H groups in total. The van der Waals surface area contributed by atoms with Crippen LogP contribution in [-0.2, 0) is 4.79 Å². The van der Waals surface area contributed by atoms with Crippen molar-refractivity contribution in [3.8, 4) is 11.4 Å². The lowest BCUT2D eigenvalue weighted by Crippen LogP contribution is -2.25. The standard InChI is InChI=1S/C18H13F2N3O2/c19-11-3-6-14(20)15(7-11)23-9-21-17-13(8-16(25)22-18(17)23)10-1-4-12(24)5-2-10/h1-7,9,13,24H,8H2,(H,22,25). The lowest BCUT2D eigenvalue weighted by Gasteiger charge is -2.23. The molecular weight excluding hydrogens is 328 g/mol. The molecule has 0 aliphatic carbocycles. The molecule has 0 bridgehead atoms. The summed E-state index contributed by atoms with van der Waals surface area (Å²) < 4.78 is 29.0. The molecule has 1 unspecified atom stereocenters. The van der Waals surface area contributed by atoms with Crippen LogP contribution in [0, 0.1) is 11.6 Å². The molecule has 1 atom stereocenters. The molecule has 0 radical (unpaired) electrons. The minimum absolute atomic E-state index is 0.0274. The molecule has 0 saturated heterocycles. The van der Waals surface area contributed by atoms with Crippen molar-refractivity contribution in [1.82, 2.24) is 9.55 Å². The summed E-state index contributed by atoms with van der Waals surface area (Å²) in [6, 6.07) is 9.59. The van der Waals surface area contributed by atoms with Crippen LogP contribution in [0.15, 0.2) is 48.8 Å². The zero-order chi connectivity index (χ0) is 17.6. The maximum absolute atomic E-state index is 14.1. The summed E-state index contributed by atoms with van der Waals surface area (Å²) >= 11 is 0. The third kappa shape index (κ3) is 2.63. The Kier molecular flexibility index (Phi) is 3.49. The molecule has 126 valence electrons. The molecule has 5 nitrogen and oxygen atoms in total. The van der Waals surface area contributed by atoms with Crippen LogP contribution < -0.4 is 5.32 Å². The predicted octanol–water partition coefficient (Wildman–Crippen LogP) is 3.33. The smallest absolute Gasteiger partial charge is 0.226 e. The molecule has 0 saturated carbocycles. The fourth-order valence-electron chi connectivity index (χ4n) is 3.04. The number of hydrogen-bond acceptors (Lipinski definition) is 3. The number of halogens is 2. The van der Waals surface area contributed by atoms with Gasteiger partial charge in [0.1, 0.15) is 29.5 Å². The maximum atomic E-state index is 14.1. The predicted molar refractivity (Wildman–Crippen MR) is 86.7 cm³/mol. The molecule has 4 rings (SSSR count). The number of fused-ring (bicyclic) bond motifs is 1. The number of nitrogens with one attached hydrogen (secondary N) is 1. The first kappa shape index (κ1) is 15.3. The molecule has 2 heterocycles. The third-order valence-corrected chi connectivity index (χ3v) is 4.24. The molecule has 1 aliphatic rings. The first-order chi connectivity index (χ1) is 12.0. The van der Waals surface area contributed by atoms with Gasteiger partial charge in [0.15, 0.2) is 0 Å². The number of imidazole rings is 1. The average Bonchev–Trinajstić information content (AvgIpc) is 3.00. The molecule has 1 aliphatic heterocycles. The van der Waals surface area contributed by atoms with Gasteiger partial charge < -0.3 is 10.4 Å². The van der Waals surface area contributed by atoms with Gasteiger partial charge in [0.05, 0.1) is 11.4 Å². The normalized spacial score (nSPS) is 16.4. The first-order valence-electron chi connectivity index (χ1n) is 7.64. The van der Waals surface area contributed by atoms with Gasteiger partial charge in [-0.15, -0.1) is 0 Å². The van der Waals surface area contributed by atoms with Crippen LogP contribution in [0.25, 0.3) is 5.69 Å². The second-order valence-corrected chi connectivity index (χ2v) is 5.84. The molecule has 2 aromatic carbocycles. The molecule has 1 amide bonds. The largest absolute Gasteiger partial charge is 0.508 e. The van der Waals surface area contributed by atoms with Gasteiger partial charge in [-0.05, 0) is 29.8 Å². The molecule has 3 aromatic rings. The van der Waals surface area contributed by atoms with Crippen LogP contribution in [0.1, 0.15) is 23.6 Å². The van der Waals surface area contributed by atoms with E-state index in [-0.39, 0.29) is 29.7 Å². The highest BCUT2D eigenvalue weighted by Crippen LogP contribution is 2.38. The maximum Gasteiger partial charge on any atom is 0.226 e. The Bertz CT molecular complexity index is 967. The van der Waals surface area contributed by atoms with E-state index >= 15 is 0 Å². The fourth-order valence-corrected chi connectivity index (χ4v) is 3.04. The van der Waals surface area contributed by atoms with Gasteiger partial charge in [0.2, 0.25) is 5.91 Å². The van der Waals surface area contributed by atoms with Crippen LogP contribution in [0.3, 0.4) is 0 Å². The number of amides is 1. The van der Waals surface area contributed by atoms with Gasteiger partial charge >= 0.3 is 0 Å². The molecule has 0 fully saturated rings. The SMILES string of the molecule is O=C1CC(c2ccc(O)cc2)c2ncn(-c3cc(F)ccc3F)c2N1. The number of anilines is 1. The van der Waals surface area contributed by atoms with Gasteiger partial charge in [-0.25, -0.2) is 13.8 Å². The van der Waals surface area contributed by atoms with E-state index in [9.17, 15) is 18.7 Å². The number of benzene rings is 2. The monoisotopic (exact) mass is 341 g/mol. The number of aromatic hydroxyl groups is 1. The number of rotatable bonds is 2. The Morgan fingerprint density at radius 2 is 1.92 bits per heavy atom. The van der Waals surface area contributed by atoms with E-state index in [1.807, 2.05) is 0 Å². The molecule has 0 spiro atoms. The number of aromatic nitrogens is 2. The first-order valence-corrected chi connectivity index (χ1v) is 7.64. The summed E-state index contributed by atoms with van der Waals surface area (Å²) in [6.07, 6.45) is 1.54. The minimum atomic E-state index is -0.623. The molecule has 7 heteroatoms.